The Morgan fingerprint density at radius 3 is 2.45 bits per heavy atom. The second-order valence-electron chi connectivity index (χ2n) is 6.84. The smallest absolute Gasteiger partial charge is 0.243 e. The highest BCUT2D eigenvalue weighted by Gasteiger charge is 2.27. The number of benzene rings is 2. The maximum atomic E-state index is 13.1. The maximum absolute atomic E-state index is 13.1. The summed E-state index contributed by atoms with van der Waals surface area (Å²) in [6.45, 7) is 2.18. The van der Waals surface area contributed by atoms with Crippen molar-refractivity contribution in [3.63, 3.8) is 0 Å². The van der Waals surface area contributed by atoms with Crippen LogP contribution in [-0.2, 0) is 16.4 Å². The van der Waals surface area contributed by atoms with Gasteiger partial charge in [0, 0.05) is 32.6 Å². The zero-order valence-electron chi connectivity index (χ0n) is 15.7. The summed E-state index contributed by atoms with van der Waals surface area (Å²) in [7, 11) is -3.49. The summed E-state index contributed by atoms with van der Waals surface area (Å²) in [5.74, 6) is -0.258. The van der Waals surface area contributed by atoms with Crippen LogP contribution in [0.4, 0.5) is 9.52 Å². The highest BCUT2D eigenvalue weighted by atomic mass is 32.2. The third kappa shape index (κ3) is 4.63. The minimum Gasteiger partial charge on any atom is -0.345 e. The lowest BCUT2D eigenvalue weighted by atomic mass is 10.2. The molecule has 0 amide bonds. The molecular formula is C20H21FN4O2S2. The van der Waals surface area contributed by atoms with E-state index in [9.17, 15) is 12.8 Å². The number of nitrogens with zero attached hydrogens (tertiary/aromatic N) is 4. The van der Waals surface area contributed by atoms with Crippen LogP contribution in [0, 0.1) is 5.82 Å². The summed E-state index contributed by atoms with van der Waals surface area (Å²) in [6, 6.07) is 14.9. The van der Waals surface area contributed by atoms with Crippen molar-refractivity contribution in [3.05, 3.63) is 71.0 Å². The van der Waals surface area contributed by atoms with E-state index >= 15 is 0 Å². The number of hydrogen-bond acceptors (Lipinski definition) is 6. The van der Waals surface area contributed by atoms with E-state index in [1.165, 1.54) is 23.5 Å². The minimum atomic E-state index is -3.49. The van der Waals surface area contributed by atoms with E-state index in [0.717, 1.165) is 28.7 Å². The molecule has 1 aliphatic heterocycles. The van der Waals surface area contributed by atoms with Crippen LogP contribution in [0.25, 0.3) is 0 Å². The van der Waals surface area contributed by atoms with Crippen molar-refractivity contribution in [1.29, 1.82) is 0 Å². The molecule has 2 aromatic carbocycles. The topological polar surface area (TPSA) is 66.4 Å². The number of rotatable bonds is 5. The van der Waals surface area contributed by atoms with E-state index in [-0.39, 0.29) is 5.82 Å². The van der Waals surface area contributed by atoms with E-state index in [1.54, 1.807) is 40.7 Å². The first kappa shape index (κ1) is 19.9. The Morgan fingerprint density at radius 2 is 1.69 bits per heavy atom. The molecule has 0 aliphatic carbocycles. The molecule has 0 N–H and O–H groups in total. The Labute approximate surface area is 173 Å². The quantitative estimate of drug-likeness (QED) is 0.620. The zero-order valence-corrected chi connectivity index (χ0v) is 17.4. The molecule has 29 heavy (non-hydrogen) atoms. The number of anilines is 1. The van der Waals surface area contributed by atoms with Crippen molar-refractivity contribution in [1.82, 2.24) is 14.5 Å². The molecule has 0 atom stereocenters. The fourth-order valence-corrected chi connectivity index (χ4v) is 5.70. The second kappa shape index (κ2) is 8.56. The normalized spacial score (nSPS) is 16.0. The predicted molar refractivity (Wildman–Crippen MR) is 111 cm³/mol. The molecule has 2 heterocycles. The van der Waals surface area contributed by atoms with Gasteiger partial charge in [-0.05, 0) is 36.2 Å². The summed E-state index contributed by atoms with van der Waals surface area (Å²) < 4.78 is 40.3. The molecule has 1 fully saturated rings. The van der Waals surface area contributed by atoms with Gasteiger partial charge in [0.05, 0.1) is 4.90 Å². The molecule has 152 valence electrons. The molecule has 1 aliphatic rings. The average Bonchev–Trinajstić information content (AvgIpc) is 3.04. The lowest BCUT2D eigenvalue weighted by molar-refractivity contribution is 0.433. The number of aromatic nitrogens is 2. The molecule has 1 aromatic heterocycles. The van der Waals surface area contributed by atoms with Gasteiger partial charge in [-0.25, -0.2) is 12.8 Å². The first-order chi connectivity index (χ1) is 14.0. The van der Waals surface area contributed by atoms with Crippen LogP contribution in [0.2, 0.25) is 0 Å². The second-order valence-corrected chi connectivity index (χ2v) is 9.82. The van der Waals surface area contributed by atoms with Crippen LogP contribution in [0.5, 0.6) is 0 Å². The highest BCUT2D eigenvalue weighted by Crippen LogP contribution is 2.25. The standard InChI is InChI=1S/C20H21FN4O2S2/c21-17-9-7-16(8-10-17)15-19-22-23-20(28-19)24-11-4-12-25(14-13-24)29(26,27)18-5-2-1-3-6-18/h1-3,5-10H,4,11-15H2. The van der Waals surface area contributed by atoms with Crippen LogP contribution >= 0.6 is 11.3 Å². The highest BCUT2D eigenvalue weighted by molar-refractivity contribution is 7.89. The van der Waals surface area contributed by atoms with Gasteiger partial charge < -0.3 is 4.90 Å². The molecule has 0 unspecified atom stereocenters. The molecule has 0 radical (unpaired) electrons. The monoisotopic (exact) mass is 432 g/mol. The van der Waals surface area contributed by atoms with Crippen LogP contribution < -0.4 is 4.90 Å². The Balaban J connectivity index is 1.42. The Kier molecular flexibility index (Phi) is 5.89. The van der Waals surface area contributed by atoms with E-state index in [4.69, 9.17) is 0 Å². The third-order valence-electron chi connectivity index (χ3n) is 4.83. The van der Waals surface area contributed by atoms with E-state index < -0.39 is 10.0 Å². The first-order valence-corrected chi connectivity index (χ1v) is 11.6. The van der Waals surface area contributed by atoms with E-state index in [1.807, 2.05) is 6.07 Å². The fraction of sp³-hybridized carbons (Fsp3) is 0.300. The Morgan fingerprint density at radius 1 is 0.931 bits per heavy atom. The van der Waals surface area contributed by atoms with Gasteiger partial charge in [-0.15, -0.1) is 10.2 Å². The summed E-state index contributed by atoms with van der Waals surface area (Å²) in [5.41, 5.74) is 0.977. The third-order valence-corrected chi connectivity index (χ3v) is 7.73. The SMILES string of the molecule is O=S(=O)(c1ccccc1)N1CCCN(c2nnc(Cc3ccc(F)cc3)s2)CC1. The number of halogens is 1. The van der Waals surface area contributed by atoms with Crippen molar-refractivity contribution in [3.8, 4) is 0 Å². The molecule has 0 spiro atoms. The van der Waals surface area contributed by atoms with E-state index in [2.05, 4.69) is 15.1 Å². The van der Waals surface area contributed by atoms with Crippen LogP contribution in [-0.4, -0.2) is 49.1 Å². The summed E-state index contributed by atoms with van der Waals surface area (Å²) >= 11 is 1.49. The van der Waals surface area contributed by atoms with Crippen molar-refractivity contribution in [2.24, 2.45) is 0 Å². The zero-order chi connectivity index (χ0) is 20.3. The van der Waals surface area contributed by atoms with Crippen molar-refractivity contribution in [2.45, 2.75) is 17.7 Å². The van der Waals surface area contributed by atoms with Crippen molar-refractivity contribution >= 4 is 26.5 Å². The lowest BCUT2D eigenvalue weighted by Gasteiger charge is -2.21. The molecule has 9 heteroatoms. The van der Waals surface area contributed by atoms with Gasteiger partial charge in [0.1, 0.15) is 10.8 Å². The number of hydrogen-bond donors (Lipinski definition) is 0. The van der Waals surface area contributed by atoms with Gasteiger partial charge in [0.2, 0.25) is 15.2 Å². The molecule has 0 bridgehead atoms. The minimum absolute atomic E-state index is 0.258. The average molecular weight is 433 g/mol. The predicted octanol–water partition coefficient (Wildman–Crippen LogP) is 3.17. The van der Waals surface area contributed by atoms with Gasteiger partial charge in [-0.3, -0.25) is 0 Å². The fourth-order valence-electron chi connectivity index (χ4n) is 3.29. The molecule has 3 aromatic rings. The van der Waals surface area contributed by atoms with Crippen LogP contribution in [0.15, 0.2) is 59.5 Å². The number of sulfonamides is 1. The van der Waals surface area contributed by atoms with Crippen LogP contribution in [0.1, 0.15) is 17.0 Å². The Bertz CT molecular complexity index is 1060. The van der Waals surface area contributed by atoms with Crippen molar-refractivity contribution in [2.75, 3.05) is 31.1 Å². The first-order valence-electron chi connectivity index (χ1n) is 9.39. The van der Waals surface area contributed by atoms with Gasteiger partial charge in [-0.1, -0.05) is 41.7 Å². The van der Waals surface area contributed by atoms with Gasteiger partial charge in [-0.2, -0.15) is 4.31 Å². The maximum Gasteiger partial charge on any atom is 0.243 e. The van der Waals surface area contributed by atoms with Crippen LogP contribution in [0.3, 0.4) is 0 Å². The Hall–Kier alpha value is -2.36. The summed E-state index contributed by atoms with van der Waals surface area (Å²) in [4.78, 5) is 2.41. The molecule has 4 rings (SSSR count). The molecular weight excluding hydrogens is 411 g/mol. The summed E-state index contributed by atoms with van der Waals surface area (Å²) in [5, 5.41) is 10.2. The van der Waals surface area contributed by atoms with E-state index in [0.29, 0.717) is 31.0 Å². The molecule has 1 saturated heterocycles. The van der Waals surface area contributed by atoms with Crippen molar-refractivity contribution < 1.29 is 12.8 Å². The lowest BCUT2D eigenvalue weighted by Crippen LogP contribution is -2.35. The van der Waals surface area contributed by atoms with Gasteiger partial charge in [0.25, 0.3) is 0 Å². The summed E-state index contributed by atoms with van der Waals surface area (Å²) in [6.07, 6.45) is 1.32. The molecule has 0 saturated carbocycles. The van der Waals surface area contributed by atoms with Gasteiger partial charge >= 0.3 is 0 Å². The largest absolute Gasteiger partial charge is 0.345 e. The van der Waals surface area contributed by atoms with Gasteiger partial charge in [0.15, 0.2) is 0 Å². The molecule has 6 nitrogen and oxygen atoms in total.